The molecule has 0 bridgehead atoms. The predicted octanol–water partition coefficient (Wildman–Crippen LogP) is 1.43. The van der Waals surface area contributed by atoms with Crippen LogP contribution in [-0.4, -0.2) is 50.4 Å². The van der Waals surface area contributed by atoms with Gasteiger partial charge < -0.3 is 15.5 Å². The van der Waals surface area contributed by atoms with Gasteiger partial charge in [0.15, 0.2) is 0 Å². The third-order valence-electron chi connectivity index (χ3n) is 3.20. The maximum Gasteiger partial charge on any atom is 0.251 e. The molecule has 0 atom stereocenters. The molecule has 0 unspecified atom stereocenters. The van der Waals surface area contributed by atoms with Crippen LogP contribution < -0.4 is 10.6 Å². The molecular formula is C17H27N3O2. The summed E-state index contributed by atoms with van der Waals surface area (Å²) < 4.78 is 0. The summed E-state index contributed by atoms with van der Waals surface area (Å²) in [6, 6.07) is 7.29. The Morgan fingerprint density at radius 3 is 2.45 bits per heavy atom. The minimum Gasteiger partial charge on any atom is -0.354 e. The van der Waals surface area contributed by atoms with Gasteiger partial charge in [0.2, 0.25) is 5.91 Å². The molecule has 0 fully saturated rings. The van der Waals surface area contributed by atoms with Crippen LogP contribution in [0.1, 0.15) is 29.8 Å². The van der Waals surface area contributed by atoms with Gasteiger partial charge in [-0.15, -0.1) is 0 Å². The van der Waals surface area contributed by atoms with Crippen LogP contribution in [0.15, 0.2) is 24.3 Å². The summed E-state index contributed by atoms with van der Waals surface area (Å²) in [6.45, 7) is 7.56. The van der Waals surface area contributed by atoms with E-state index in [1.165, 1.54) is 0 Å². The summed E-state index contributed by atoms with van der Waals surface area (Å²) >= 11 is 0. The zero-order chi connectivity index (χ0) is 16.8. The normalized spacial score (nSPS) is 11.4. The first-order valence-corrected chi connectivity index (χ1v) is 7.46. The number of amides is 2. The number of carbonyl (C=O) groups excluding carboxylic acids is 2. The van der Waals surface area contributed by atoms with Crippen LogP contribution in [0.4, 0.5) is 0 Å². The smallest absolute Gasteiger partial charge is 0.251 e. The van der Waals surface area contributed by atoms with E-state index in [2.05, 4.69) is 29.4 Å². The molecule has 122 valence electrons. The quantitative estimate of drug-likeness (QED) is 0.801. The molecule has 0 saturated heterocycles. The van der Waals surface area contributed by atoms with Crippen molar-refractivity contribution in [1.82, 2.24) is 15.5 Å². The van der Waals surface area contributed by atoms with Gasteiger partial charge in [-0.1, -0.05) is 31.5 Å². The van der Waals surface area contributed by atoms with Crippen LogP contribution in [0.5, 0.6) is 0 Å². The predicted molar refractivity (Wildman–Crippen MR) is 88.9 cm³/mol. The monoisotopic (exact) mass is 305 g/mol. The zero-order valence-electron chi connectivity index (χ0n) is 14.2. The van der Waals surface area contributed by atoms with E-state index in [4.69, 9.17) is 0 Å². The van der Waals surface area contributed by atoms with Crippen molar-refractivity contribution in [1.29, 1.82) is 0 Å². The molecule has 2 N–H and O–H groups in total. The van der Waals surface area contributed by atoms with Crippen LogP contribution in [0.2, 0.25) is 0 Å². The number of aryl methyl sites for hydroxylation is 1. The molecule has 1 aromatic rings. The lowest BCUT2D eigenvalue weighted by molar-refractivity contribution is -0.120. The molecule has 5 nitrogen and oxygen atoms in total. The molecule has 0 aromatic heterocycles. The number of benzene rings is 1. The minimum absolute atomic E-state index is 0.00911. The average molecular weight is 305 g/mol. The molecule has 5 heteroatoms. The van der Waals surface area contributed by atoms with Gasteiger partial charge in [-0.05, 0) is 38.6 Å². The summed E-state index contributed by atoms with van der Waals surface area (Å²) in [5, 5.41) is 5.51. The third kappa shape index (κ3) is 6.72. The highest BCUT2D eigenvalue weighted by atomic mass is 16.2. The Labute approximate surface area is 133 Å². The van der Waals surface area contributed by atoms with Crippen LogP contribution in [0, 0.1) is 12.3 Å². The van der Waals surface area contributed by atoms with Crippen molar-refractivity contribution >= 4 is 11.8 Å². The summed E-state index contributed by atoms with van der Waals surface area (Å²) in [7, 11) is 4.01. The summed E-state index contributed by atoms with van der Waals surface area (Å²) in [4.78, 5) is 25.9. The lowest BCUT2D eigenvalue weighted by Crippen LogP contribution is -2.43. The van der Waals surface area contributed by atoms with Gasteiger partial charge in [0.1, 0.15) is 0 Å². The molecule has 0 saturated carbocycles. The highest BCUT2D eigenvalue weighted by molar-refractivity contribution is 5.96. The van der Waals surface area contributed by atoms with Crippen molar-refractivity contribution in [2.75, 3.05) is 33.7 Å². The molecule has 0 aliphatic carbocycles. The van der Waals surface area contributed by atoms with Crippen LogP contribution in [-0.2, 0) is 4.79 Å². The van der Waals surface area contributed by atoms with Gasteiger partial charge in [-0.3, -0.25) is 9.59 Å². The van der Waals surface area contributed by atoms with E-state index in [9.17, 15) is 9.59 Å². The van der Waals surface area contributed by atoms with E-state index in [0.29, 0.717) is 12.1 Å². The first-order chi connectivity index (χ1) is 10.2. The van der Waals surface area contributed by atoms with E-state index in [0.717, 1.165) is 12.1 Å². The lowest BCUT2D eigenvalue weighted by Gasteiger charge is -2.28. The fourth-order valence-corrected chi connectivity index (χ4v) is 2.36. The molecular weight excluding hydrogens is 278 g/mol. The van der Waals surface area contributed by atoms with E-state index < -0.39 is 0 Å². The zero-order valence-corrected chi connectivity index (χ0v) is 14.2. The molecule has 2 amide bonds. The summed E-state index contributed by atoms with van der Waals surface area (Å²) in [6.07, 6.45) is 0. The van der Waals surface area contributed by atoms with Crippen molar-refractivity contribution in [2.45, 2.75) is 20.8 Å². The largest absolute Gasteiger partial charge is 0.354 e. The van der Waals surface area contributed by atoms with Crippen molar-refractivity contribution < 1.29 is 9.59 Å². The molecule has 0 heterocycles. The Morgan fingerprint density at radius 1 is 1.18 bits per heavy atom. The minimum atomic E-state index is -0.230. The Morgan fingerprint density at radius 2 is 1.86 bits per heavy atom. The van der Waals surface area contributed by atoms with Gasteiger partial charge in [-0.2, -0.15) is 0 Å². The van der Waals surface area contributed by atoms with Crippen LogP contribution in [0.25, 0.3) is 0 Å². The van der Waals surface area contributed by atoms with E-state index in [1.54, 1.807) is 12.1 Å². The first-order valence-electron chi connectivity index (χ1n) is 7.46. The molecule has 0 aliphatic heterocycles. The maximum absolute atomic E-state index is 12.0. The summed E-state index contributed by atoms with van der Waals surface area (Å²) in [5.41, 5.74) is 1.57. The van der Waals surface area contributed by atoms with Gasteiger partial charge in [0.25, 0.3) is 5.91 Å². The van der Waals surface area contributed by atoms with Gasteiger partial charge in [0.05, 0.1) is 6.54 Å². The molecule has 0 radical (unpaired) electrons. The van der Waals surface area contributed by atoms with Crippen molar-refractivity contribution in [3.63, 3.8) is 0 Å². The Bertz CT molecular complexity index is 524. The standard InChI is InChI=1S/C17H27N3O2/c1-13-7-6-8-14(9-13)16(22)18-10-15(21)19-11-17(2,3)12-20(4)5/h6-9H,10-12H2,1-5H3,(H,18,22)(H,19,21). The fourth-order valence-electron chi connectivity index (χ4n) is 2.36. The highest BCUT2D eigenvalue weighted by Crippen LogP contribution is 2.13. The average Bonchev–Trinajstić information content (AvgIpc) is 2.41. The maximum atomic E-state index is 12.0. The Balaban J connectivity index is 2.39. The Kier molecular flexibility index (Phi) is 6.56. The van der Waals surface area contributed by atoms with Crippen molar-refractivity contribution in [2.24, 2.45) is 5.41 Å². The number of carbonyl (C=O) groups is 2. The third-order valence-corrected chi connectivity index (χ3v) is 3.20. The van der Waals surface area contributed by atoms with E-state index >= 15 is 0 Å². The highest BCUT2D eigenvalue weighted by Gasteiger charge is 2.19. The second-order valence-electron chi connectivity index (χ2n) is 6.73. The van der Waals surface area contributed by atoms with Gasteiger partial charge in [-0.25, -0.2) is 0 Å². The van der Waals surface area contributed by atoms with Crippen LogP contribution in [0.3, 0.4) is 0 Å². The molecule has 22 heavy (non-hydrogen) atoms. The molecule has 1 aromatic carbocycles. The van der Waals surface area contributed by atoms with Gasteiger partial charge >= 0.3 is 0 Å². The molecule has 1 rings (SSSR count). The van der Waals surface area contributed by atoms with E-state index in [-0.39, 0.29) is 23.8 Å². The summed E-state index contributed by atoms with van der Waals surface area (Å²) in [5.74, 6) is -0.403. The Hall–Kier alpha value is -1.88. The lowest BCUT2D eigenvalue weighted by atomic mass is 9.93. The molecule has 0 spiro atoms. The van der Waals surface area contributed by atoms with Crippen LogP contribution >= 0.6 is 0 Å². The van der Waals surface area contributed by atoms with Crippen molar-refractivity contribution in [3.8, 4) is 0 Å². The number of nitrogens with one attached hydrogen (secondary N) is 2. The first kappa shape index (κ1) is 18.2. The second-order valence-corrected chi connectivity index (χ2v) is 6.73. The topological polar surface area (TPSA) is 61.4 Å². The number of hydrogen-bond acceptors (Lipinski definition) is 3. The second kappa shape index (κ2) is 7.94. The van der Waals surface area contributed by atoms with Gasteiger partial charge in [0, 0.05) is 18.7 Å². The van der Waals surface area contributed by atoms with E-state index in [1.807, 2.05) is 33.2 Å². The number of rotatable bonds is 7. The number of nitrogens with zero attached hydrogens (tertiary/aromatic N) is 1. The fraction of sp³-hybridized carbons (Fsp3) is 0.529. The SMILES string of the molecule is Cc1cccc(C(=O)NCC(=O)NCC(C)(C)CN(C)C)c1. The number of hydrogen-bond donors (Lipinski definition) is 2. The van der Waals surface area contributed by atoms with Crippen molar-refractivity contribution in [3.05, 3.63) is 35.4 Å². The molecule has 0 aliphatic rings.